The van der Waals surface area contributed by atoms with Gasteiger partial charge in [0.2, 0.25) is 0 Å². The molecule has 0 saturated heterocycles. The number of rotatable bonds is 6. The molecule has 4 nitrogen and oxygen atoms in total. The van der Waals surface area contributed by atoms with E-state index in [9.17, 15) is 4.79 Å². The summed E-state index contributed by atoms with van der Waals surface area (Å²) in [5.74, 6) is -0.203. The van der Waals surface area contributed by atoms with Crippen LogP contribution in [0.5, 0.6) is 0 Å². The Morgan fingerprint density at radius 3 is 2.64 bits per heavy atom. The number of nitrogens with zero attached hydrogens (tertiary/aromatic N) is 1. The van der Waals surface area contributed by atoms with Crippen molar-refractivity contribution in [3.63, 3.8) is 0 Å². The van der Waals surface area contributed by atoms with Gasteiger partial charge >= 0.3 is 5.97 Å². The van der Waals surface area contributed by atoms with E-state index in [1.807, 2.05) is 29.7 Å². The Labute approximate surface area is 134 Å². The van der Waals surface area contributed by atoms with Gasteiger partial charge in [-0.3, -0.25) is 0 Å². The lowest BCUT2D eigenvalue weighted by Crippen LogP contribution is -2.11. The Kier molecular flexibility index (Phi) is 4.85. The summed E-state index contributed by atoms with van der Waals surface area (Å²) in [6.45, 7) is 1.54. The molecule has 1 aliphatic carbocycles. The summed E-state index contributed by atoms with van der Waals surface area (Å²) in [6, 6.07) is 6.99. The van der Waals surface area contributed by atoms with E-state index in [0.29, 0.717) is 11.5 Å². The zero-order valence-electron chi connectivity index (χ0n) is 12.4. The van der Waals surface area contributed by atoms with E-state index in [4.69, 9.17) is 5.11 Å². The lowest BCUT2D eigenvalue weighted by molar-refractivity contribution is 0.0697. The van der Waals surface area contributed by atoms with Crippen LogP contribution in [0.15, 0.2) is 30.5 Å². The molecule has 0 aliphatic heterocycles. The molecule has 0 spiro atoms. The molecule has 116 valence electrons. The van der Waals surface area contributed by atoms with Crippen molar-refractivity contribution in [3.8, 4) is 0 Å². The predicted molar refractivity (Wildman–Crippen MR) is 87.3 cm³/mol. The highest BCUT2D eigenvalue weighted by Gasteiger charge is 2.19. The van der Waals surface area contributed by atoms with Crippen molar-refractivity contribution < 1.29 is 9.90 Å². The van der Waals surface area contributed by atoms with Crippen molar-refractivity contribution in [1.29, 1.82) is 0 Å². The van der Waals surface area contributed by atoms with Gasteiger partial charge in [-0.05, 0) is 30.5 Å². The zero-order valence-corrected chi connectivity index (χ0v) is 13.2. The highest BCUT2D eigenvalue weighted by atomic mass is 32.1. The standard InChI is InChI=1S/C17H20N2O2S/c20-17(21)14-7-5-12(6-8-14)9-18-10-15-11-19-16(22-15)13-3-1-2-4-13/h5-8,11,13,18H,1-4,9-10H2,(H,20,21). The Morgan fingerprint density at radius 1 is 1.23 bits per heavy atom. The second kappa shape index (κ2) is 7.03. The number of carbonyl (C=O) groups is 1. The zero-order chi connectivity index (χ0) is 15.4. The fourth-order valence-electron chi connectivity index (χ4n) is 2.86. The van der Waals surface area contributed by atoms with Gasteiger partial charge in [0.15, 0.2) is 0 Å². The van der Waals surface area contributed by atoms with Crippen LogP contribution in [-0.2, 0) is 13.1 Å². The number of carboxylic acid groups (broad SMARTS) is 1. The number of carboxylic acids is 1. The molecule has 1 saturated carbocycles. The molecule has 0 unspecified atom stereocenters. The van der Waals surface area contributed by atoms with Gasteiger partial charge in [-0.15, -0.1) is 11.3 Å². The van der Waals surface area contributed by atoms with Crippen LogP contribution in [0.2, 0.25) is 0 Å². The van der Waals surface area contributed by atoms with Crippen molar-refractivity contribution in [3.05, 3.63) is 51.5 Å². The third kappa shape index (κ3) is 3.72. The monoisotopic (exact) mass is 316 g/mol. The number of hydrogen-bond donors (Lipinski definition) is 2. The number of benzene rings is 1. The van der Waals surface area contributed by atoms with E-state index in [-0.39, 0.29) is 0 Å². The lowest BCUT2D eigenvalue weighted by atomic mass is 10.1. The molecule has 2 aromatic rings. The van der Waals surface area contributed by atoms with Gasteiger partial charge in [0.25, 0.3) is 0 Å². The van der Waals surface area contributed by atoms with Crippen LogP contribution in [0, 0.1) is 0 Å². The van der Waals surface area contributed by atoms with E-state index in [0.717, 1.165) is 18.7 Å². The van der Waals surface area contributed by atoms with Crippen LogP contribution >= 0.6 is 11.3 Å². The molecule has 0 amide bonds. The Hall–Kier alpha value is -1.72. The van der Waals surface area contributed by atoms with E-state index in [2.05, 4.69) is 10.3 Å². The molecule has 2 N–H and O–H groups in total. The van der Waals surface area contributed by atoms with Gasteiger partial charge < -0.3 is 10.4 Å². The van der Waals surface area contributed by atoms with Crippen LogP contribution in [0.25, 0.3) is 0 Å². The van der Waals surface area contributed by atoms with Gasteiger partial charge in [0, 0.05) is 30.1 Å². The summed E-state index contributed by atoms with van der Waals surface area (Å²) < 4.78 is 0. The first-order valence-electron chi connectivity index (χ1n) is 7.70. The van der Waals surface area contributed by atoms with Gasteiger partial charge in [-0.2, -0.15) is 0 Å². The number of aromatic nitrogens is 1. The summed E-state index contributed by atoms with van der Waals surface area (Å²) in [4.78, 5) is 16.6. The maximum Gasteiger partial charge on any atom is 0.335 e. The van der Waals surface area contributed by atoms with E-state index >= 15 is 0 Å². The first-order valence-corrected chi connectivity index (χ1v) is 8.51. The lowest BCUT2D eigenvalue weighted by Gasteiger charge is -2.04. The molecule has 3 rings (SSSR count). The average Bonchev–Trinajstić information content (AvgIpc) is 3.19. The SMILES string of the molecule is O=C(O)c1ccc(CNCc2cnc(C3CCCC3)s2)cc1. The Morgan fingerprint density at radius 2 is 1.95 bits per heavy atom. The smallest absolute Gasteiger partial charge is 0.335 e. The maximum absolute atomic E-state index is 10.8. The number of hydrogen-bond acceptors (Lipinski definition) is 4. The number of nitrogens with one attached hydrogen (secondary N) is 1. The van der Waals surface area contributed by atoms with Crippen LogP contribution in [0.1, 0.15) is 57.4 Å². The minimum atomic E-state index is -0.886. The van der Waals surface area contributed by atoms with Crippen LogP contribution in [0.4, 0.5) is 0 Å². The second-order valence-corrected chi connectivity index (χ2v) is 6.90. The molecule has 1 fully saturated rings. The maximum atomic E-state index is 10.8. The van der Waals surface area contributed by atoms with Crippen molar-refractivity contribution >= 4 is 17.3 Å². The molecule has 22 heavy (non-hydrogen) atoms. The molecular weight excluding hydrogens is 296 g/mol. The third-order valence-corrected chi connectivity index (χ3v) is 5.26. The molecular formula is C17H20N2O2S. The fourth-order valence-corrected chi connectivity index (χ4v) is 3.92. The largest absolute Gasteiger partial charge is 0.478 e. The average molecular weight is 316 g/mol. The molecule has 1 aromatic carbocycles. The Balaban J connectivity index is 1.49. The normalized spacial score (nSPS) is 15.3. The predicted octanol–water partition coefficient (Wildman–Crippen LogP) is 3.79. The molecule has 5 heteroatoms. The highest BCUT2D eigenvalue weighted by Crippen LogP contribution is 2.35. The van der Waals surface area contributed by atoms with Gasteiger partial charge in [-0.1, -0.05) is 25.0 Å². The van der Waals surface area contributed by atoms with Crippen molar-refractivity contribution in [2.45, 2.75) is 44.7 Å². The van der Waals surface area contributed by atoms with Crippen LogP contribution in [-0.4, -0.2) is 16.1 Å². The minimum absolute atomic E-state index is 0.326. The van der Waals surface area contributed by atoms with Gasteiger partial charge in [0.05, 0.1) is 10.6 Å². The fraction of sp³-hybridized carbons (Fsp3) is 0.412. The summed E-state index contributed by atoms with van der Waals surface area (Å²) in [7, 11) is 0. The summed E-state index contributed by atoms with van der Waals surface area (Å²) in [5, 5.41) is 13.6. The van der Waals surface area contributed by atoms with Crippen LogP contribution in [0.3, 0.4) is 0 Å². The number of thiazole rings is 1. The van der Waals surface area contributed by atoms with Crippen LogP contribution < -0.4 is 5.32 Å². The summed E-state index contributed by atoms with van der Waals surface area (Å²) >= 11 is 1.82. The van der Waals surface area contributed by atoms with E-state index < -0.39 is 5.97 Å². The molecule has 0 radical (unpaired) electrons. The van der Waals surface area contributed by atoms with E-state index in [1.165, 1.54) is 35.6 Å². The highest BCUT2D eigenvalue weighted by molar-refractivity contribution is 7.11. The first-order chi connectivity index (χ1) is 10.7. The molecule has 1 heterocycles. The molecule has 0 bridgehead atoms. The van der Waals surface area contributed by atoms with Crippen molar-refractivity contribution in [2.75, 3.05) is 0 Å². The summed E-state index contributed by atoms with van der Waals surface area (Å²) in [5.41, 5.74) is 1.41. The topological polar surface area (TPSA) is 62.2 Å². The second-order valence-electron chi connectivity index (χ2n) is 5.75. The quantitative estimate of drug-likeness (QED) is 0.851. The first kappa shape index (κ1) is 15.2. The Bertz CT molecular complexity index is 630. The van der Waals surface area contributed by atoms with Gasteiger partial charge in [-0.25, -0.2) is 9.78 Å². The third-order valence-electron chi connectivity index (χ3n) is 4.11. The molecule has 1 aliphatic rings. The molecule has 1 aromatic heterocycles. The minimum Gasteiger partial charge on any atom is -0.478 e. The van der Waals surface area contributed by atoms with Crippen molar-refractivity contribution in [1.82, 2.24) is 10.3 Å². The van der Waals surface area contributed by atoms with Gasteiger partial charge in [0.1, 0.15) is 0 Å². The van der Waals surface area contributed by atoms with E-state index in [1.54, 1.807) is 12.1 Å². The molecule has 0 atom stereocenters. The summed E-state index contributed by atoms with van der Waals surface area (Å²) in [6.07, 6.45) is 7.24. The van der Waals surface area contributed by atoms with Crippen molar-refractivity contribution in [2.24, 2.45) is 0 Å². The number of aromatic carboxylic acids is 1.